The second-order valence-electron chi connectivity index (χ2n) is 7.50. The molecule has 0 spiro atoms. The molecule has 0 aliphatic carbocycles. The average Bonchev–Trinajstić information content (AvgIpc) is 3.21. The summed E-state index contributed by atoms with van der Waals surface area (Å²) in [6.45, 7) is 4.90. The number of aromatic nitrogens is 2. The number of likely N-dealkylation sites (N-methyl/N-ethyl adjacent to an activating group) is 1. The number of carbonyl (C=O) groups excluding carboxylic acids is 2. The number of hydrogen-bond donors (Lipinski definition) is 1. The molecule has 3 aromatic rings. The number of carbonyl (C=O) groups is 2. The van der Waals surface area contributed by atoms with Crippen LogP contribution in [-0.2, 0) is 9.53 Å². The Morgan fingerprint density at radius 1 is 1.16 bits per heavy atom. The van der Waals surface area contributed by atoms with Crippen LogP contribution in [0.1, 0.15) is 15.4 Å². The third kappa shape index (κ3) is 5.12. The highest BCUT2D eigenvalue weighted by Gasteiger charge is 2.21. The molecule has 2 aromatic heterocycles. The molecule has 3 heterocycles. The van der Waals surface area contributed by atoms with Gasteiger partial charge in [-0.1, -0.05) is 6.07 Å². The number of morpholine rings is 1. The lowest BCUT2D eigenvalue weighted by molar-refractivity contribution is -0.116. The topological polar surface area (TPSA) is 87.7 Å². The van der Waals surface area contributed by atoms with E-state index in [0.29, 0.717) is 21.3 Å². The number of anilines is 2. The zero-order valence-electron chi connectivity index (χ0n) is 18.1. The summed E-state index contributed by atoms with van der Waals surface area (Å²) in [6, 6.07) is 13.3. The number of amides is 2. The zero-order chi connectivity index (χ0) is 22.5. The lowest BCUT2D eigenvalue weighted by atomic mass is 10.2. The molecule has 1 fully saturated rings. The number of aryl methyl sites for hydroxylation is 1. The van der Waals surface area contributed by atoms with Crippen molar-refractivity contribution in [2.24, 2.45) is 0 Å². The molecule has 4 rings (SSSR count). The molecule has 8 nitrogen and oxygen atoms in total. The summed E-state index contributed by atoms with van der Waals surface area (Å²) >= 11 is 1.29. The van der Waals surface area contributed by atoms with Crippen LogP contribution in [0.25, 0.3) is 10.7 Å². The number of hydrogen-bond acceptors (Lipinski definition) is 7. The molecule has 1 aromatic carbocycles. The van der Waals surface area contributed by atoms with Crippen LogP contribution in [0.4, 0.5) is 11.4 Å². The van der Waals surface area contributed by atoms with Crippen molar-refractivity contribution < 1.29 is 14.3 Å². The van der Waals surface area contributed by atoms with E-state index < -0.39 is 0 Å². The molecule has 0 atom stereocenters. The number of nitrogens with zero attached hydrogens (tertiary/aromatic N) is 4. The largest absolute Gasteiger partial charge is 0.378 e. The minimum absolute atomic E-state index is 0.0552. The molecule has 2 amide bonds. The number of nitrogens with one attached hydrogen (secondary N) is 1. The molecular weight excluding hydrogens is 426 g/mol. The molecule has 9 heteroatoms. The Hall–Kier alpha value is -3.30. The van der Waals surface area contributed by atoms with E-state index in [1.165, 1.54) is 16.2 Å². The van der Waals surface area contributed by atoms with Gasteiger partial charge in [0.15, 0.2) is 0 Å². The predicted molar refractivity (Wildman–Crippen MR) is 125 cm³/mol. The first-order valence-electron chi connectivity index (χ1n) is 10.4. The first-order chi connectivity index (χ1) is 15.5. The third-order valence-electron chi connectivity index (χ3n) is 5.13. The van der Waals surface area contributed by atoms with Crippen molar-refractivity contribution in [2.75, 3.05) is 50.1 Å². The van der Waals surface area contributed by atoms with E-state index in [-0.39, 0.29) is 18.4 Å². The van der Waals surface area contributed by atoms with Gasteiger partial charge >= 0.3 is 0 Å². The summed E-state index contributed by atoms with van der Waals surface area (Å²) < 4.78 is 5.38. The van der Waals surface area contributed by atoms with Gasteiger partial charge in [-0.2, -0.15) is 0 Å². The van der Waals surface area contributed by atoms with Gasteiger partial charge in [-0.3, -0.25) is 14.6 Å². The number of pyridine rings is 1. The van der Waals surface area contributed by atoms with E-state index in [4.69, 9.17) is 4.74 Å². The van der Waals surface area contributed by atoms with Crippen LogP contribution < -0.4 is 10.2 Å². The molecule has 1 N–H and O–H groups in total. The summed E-state index contributed by atoms with van der Waals surface area (Å²) in [6.07, 6.45) is 1.69. The normalized spacial score (nSPS) is 13.6. The van der Waals surface area contributed by atoms with Gasteiger partial charge in [-0.05, 0) is 43.3 Å². The molecule has 166 valence electrons. The predicted octanol–water partition coefficient (Wildman–Crippen LogP) is 3.06. The van der Waals surface area contributed by atoms with Crippen molar-refractivity contribution in [1.29, 1.82) is 0 Å². The summed E-state index contributed by atoms with van der Waals surface area (Å²) in [5.41, 5.74) is 3.15. The van der Waals surface area contributed by atoms with Crippen molar-refractivity contribution in [1.82, 2.24) is 14.9 Å². The standard InChI is InChI=1S/C23H25N5O3S/c1-16-21(32-22(25-16)19-5-3-4-10-24-19)23(30)27(2)15-20(29)26-17-6-8-18(9-7-17)28-11-13-31-14-12-28/h3-10H,11-15H2,1-2H3,(H,26,29). The zero-order valence-corrected chi connectivity index (χ0v) is 18.9. The van der Waals surface area contributed by atoms with Crippen LogP contribution in [0, 0.1) is 6.92 Å². The summed E-state index contributed by atoms with van der Waals surface area (Å²) in [4.78, 5) is 38.3. The summed E-state index contributed by atoms with van der Waals surface area (Å²) in [5, 5.41) is 3.54. The second-order valence-corrected chi connectivity index (χ2v) is 8.50. The fourth-order valence-electron chi connectivity index (χ4n) is 3.43. The smallest absolute Gasteiger partial charge is 0.266 e. The highest BCUT2D eigenvalue weighted by atomic mass is 32.1. The van der Waals surface area contributed by atoms with Crippen LogP contribution in [0.3, 0.4) is 0 Å². The SMILES string of the molecule is Cc1nc(-c2ccccn2)sc1C(=O)N(C)CC(=O)Nc1ccc(N2CCOCC2)cc1. The lowest BCUT2D eigenvalue weighted by Crippen LogP contribution is -2.36. The lowest BCUT2D eigenvalue weighted by Gasteiger charge is -2.28. The van der Waals surface area contributed by atoms with E-state index in [1.54, 1.807) is 20.2 Å². The molecule has 1 aliphatic heterocycles. The molecule has 0 bridgehead atoms. The molecule has 32 heavy (non-hydrogen) atoms. The Labute approximate surface area is 190 Å². The highest BCUT2D eigenvalue weighted by molar-refractivity contribution is 7.17. The first kappa shape index (κ1) is 21.9. The number of ether oxygens (including phenoxy) is 1. The fraction of sp³-hybridized carbons (Fsp3) is 0.304. The van der Waals surface area contributed by atoms with Crippen molar-refractivity contribution in [3.63, 3.8) is 0 Å². The maximum atomic E-state index is 12.9. The summed E-state index contributed by atoms with van der Waals surface area (Å²) in [5.74, 6) is -0.493. The van der Waals surface area contributed by atoms with E-state index in [1.807, 2.05) is 42.5 Å². The van der Waals surface area contributed by atoms with E-state index in [0.717, 1.165) is 37.7 Å². The van der Waals surface area contributed by atoms with Crippen molar-refractivity contribution in [3.05, 3.63) is 59.2 Å². The molecule has 1 saturated heterocycles. The minimum Gasteiger partial charge on any atom is -0.378 e. The molecule has 0 unspecified atom stereocenters. The van der Waals surface area contributed by atoms with E-state index in [2.05, 4.69) is 20.2 Å². The van der Waals surface area contributed by atoms with Crippen molar-refractivity contribution in [2.45, 2.75) is 6.92 Å². The fourth-order valence-corrected chi connectivity index (χ4v) is 4.47. The Morgan fingerprint density at radius 3 is 2.59 bits per heavy atom. The monoisotopic (exact) mass is 451 g/mol. The van der Waals surface area contributed by atoms with Gasteiger partial charge in [0.1, 0.15) is 9.88 Å². The molecule has 1 aliphatic rings. The first-order valence-corrected chi connectivity index (χ1v) is 11.2. The van der Waals surface area contributed by atoms with E-state index in [9.17, 15) is 9.59 Å². The minimum atomic E-state index is -0.257. The number of thiazole rings is 1. The van der Waals surface area contributed by atoms with Gasteiger partial charge < -0.3 is 19.9 Å². The Bertz CT molecular complexity index is 1080. The highest BCUT2D eigenvalue weighted by Crippen LogP contribution is 2.27. The van der Waals surface area contributed by atoms with Crippen LogP contribution in [0.5, 0.6) is 0 Å². The number of rotatable bonds is 6. The quantitative estimate of drug-likeness (QED) is 0.620. The Balaban J connectivity index is 1.35. The van der Waals surface area contributed by atoms with Gasteiger partial charge in [0.25, 0.3) is 5.91 Å². The van der Waals surface area contributed by atoms with Gasteiger partial charge in [0.05, 0.1) is 31.1 Å². The number of benzene rings is 1. The maximum absolute atomic E-state index is 12.9. The maximum Gasteiger partial charge on any atom is 0.266 e. The summed E-state index contributed by atoms with van der Waals surface area (Å²) in [7, 11) is 1.61. The Kier molecular flexibility index (Phi) is 6.77. The van der Waals surface area contributed by atoms with E-state index >= 15 is 0 Å². The van der Waals surface area contributed by atoms with Gasteiger partial charge in [0.2, 0.25) is 5.91 Å². The van der Waals surface area contributed by atoms with Crippen LogP contribution in [-0.4, -0.2) is 66.6 Å². The molecular formula is C23H25N5O3S. The third-order valence-corrected chi connectivity index (χ3v) is 6.30. The van der Waals surface area contributed by atoms with Crippen LogP contribution >= 0.6 is 11.3 Å². The van der Waals surface area contributed by atoms with Crippen LogP contribution in [0.2, 0.25) is 0 Å². The van der Waals surface area contributed by atoms with Crippen molar-refractivity contribution >= 4 is 34.5 Å². The second kappa shape index (κ2) is 9.88. The van der Waals surface area contributed by atoms with Gasteiger partial charge in [-0.25, -0.2) is 4.98 Å². The van der Waals surface area contributed by atoms with Gasteiger partial charge in [0, 0.05) is 37.7 Å². The van der Waals surface area contributed by atoms with Gasteiger partial charge in [-0.15, -0.1) is 11.3 Å². The Morgan fingerprint density at radius 2 is 1.91 bits per heavy atom. The van der Waals surface area contributed by atoms with Crippen molar-refractivity contribution in [3.8, 4) is 10.7 Å². The molecule has 0 radical (unpaired) electrons. The van der Waals surface area contributed by atoms with Crippen LogP contribution in [0.15, 0.2) is 48.7 Å². The molecule has 0 saturated carbocycles. The average molecular weight is 452 g/mol.